The maximum absolute atomic E-state index is 12.8. The van der Waals surface area contributed by atoms with E-state index in [2.05, 4.69) is 15.4 Å². The first-order valence-electron chi connectivity index (χ1n) is 8.83. The predicted molar refractivity (Wildman–Crippen MR) is 109 cm³/mol. The van der Waals surface area contributed by atoms with Crippen molar-refractivity contribution in [3.63, 3.8) is 0 Å². The highest BCUT2D eigenvalue weighted by Gasteiger charge is 2.19. The molecule has 29 heavy (non-hydrogen) atoms. The lowest BCUT2D eigenvalue weighted by Crippen LogP contribution is -2.15. The minimum Gasteiger partial charge on any atom is -0.497 e. The van der Waals surface area contributed by atoms with Crippen LogP contribution < -0.4 is 19.5 Å². The van der Waals surface area contributed by atoms with Gasteiger partial charge in [0.15, 0.2) is 11.5 Å². The first kappa shape index (κ1) is 17.5. The fraction of sp³-hybridized carbons (Fsp3) is 0.150. The molecule has 0 bridgehead atoms. The van der Waals surface area contributed by atoms with Crippen LogP contribution in [-0.4, -0.2) is 34.6 Å². The molecule has 0 radical (unpaired) electrons. The van der Waals surface area contributed by atoms with Gasteiger partial charge < -0.3 is 19.5 Å². The molecule has 146 valence electrons. The Morgan fingerprint density at radius 1 is 1.17 bits per heavy atom. The molecule has 2 aromatic carbocycles. The number of anilines is 1. The van der Waals surface area contributed by atoms with Gasteiger partial charge in [0.25, 0.3) is 5.91 Å². The van der Waals surface area contributed by atoms with Crippen molar-refractivity contribution in [3.8, 4) is 22.4 Å². The lowest BCUT2D eigenvalue weighted by Gasteiger charge is -2.07. The number of carbonyl (C=O) groups excluding carboxylic acids is 1. The summed E-state index contributed by atoms with van der Waals surface area (Å²) in [5, 5.41) is 8.06. The molecule has 3 heterocycles. The summed E-state index contributed by atoms with van der Waals surface area (Å²) in [4.78, 5) is 17.4. The van der Waals surface area contributed by atoms with E-state index in [9.17, 15) is 4.79 Å². The number of ether oxygens (including phenoxy) is 3. The highest BCUT2D eigenvalue weighted by Crippen LogP contribution is 2.33. The second kappa shape index (κ2) is 6.78. The van der Waals surface area contributed by atoms with Crippen molar-refractivity contribution in [2.24, 2.45) is 0 Å². The predicted octanol–water partition coefficient (Wildman–Crippen LogP) is 3.78. The molecule has 1 aliphatic heterocycles. The van der Waals surface area contributed by atoms with Crippen molar-refractivity contribution in [3.05, 3.63) is 53.7 Å². The molecule has 8 nitrogen and oxygen atoms in total. The molecule has 2 aromatic heterocycles. The number of methoxy groups -OCH3 is 1. The highest BCUT2D eigenvalue weighted by molar-refractivity contribution is 7.20. The fourth-order valence-electron chi connectivity index (χ4n) is 3.07. The molecule has 0 unspecified atom stereocenters. The van der Waals surface area contributed by atoms with Crippen LogP contribution in [0, 0.1) is 6.92 Å². The first-order chi connectivity index (χ1) is 14.1. The van der Waals surface area contributed by atoms with Gasteiger partial charge in [-0.25, -0.2) is 4.98 Å². The Morgan fingerprint density at radius 3 is 2.90 bits per heavy atom. The molecule has 0 saturated carbocycles. The van der Waals surface area contributed by atoms with E-state index in [4.69, 9.17) is 14.2 Å². The number of carbonyl (C=O) groups is 1. The number of aryl methyl sites for hydroxylation is 1. The molecule has 9 heteroatoms. The Morgan fingerprint density at radius 2 is 2.03 bits per heavy atom. The van der Waals surface area contributed by atoms with E-state index in [1.54, 1.807) is 36.1 Å². The first-order valence-corrected chi connectivity index (χ1v) is 9.65. The number of thiazole rings is 1. The van der Waals surface area contributed by atoms with Gasteiger partial charge >= 0.3 is 0 Å². The van der Waals surface area contributed by atoms with E-state index in [0.29, 0.717) is 28.0 Å². The molecule has 0 spiro atoms. The second-order valence-electron chi connectivity index (χ2n) is 6.44. The van der Waals surface area contributed by atoms with Crippen molar-refractivity contribution in [1.82, 2.24) is 14.8 Å². The van der Waals surface area contributed by atoms with Gasteiger partial charge in [0.2, 0.25) is 11.9 Å². The van der Waals surface area contributed by atoms with E-state index in [0.717, 1.165) is 21.7 Å². The Hall–Kier alpha value is -3.59. The fourth-order valence-corrected chi connectivity index (χ4v) is 3.98. The average molecular weight is 408 g/mol. The lowest BCUT2D eigenvalue weighted by atomic mass is 10.2. The van der Waals surface area contributed by atoms with Crippen LogP contribution in [-0.2, 0) is 0 Å². The van der Waals surface area contributed by atoms with Gasteiger partial charge in [-0.15, -0.1) is 0 Å². The van der Waals surface area contributed by atoms with Gasteiger partial charge in [-0.1, -0.05) is 11.3 Å². The maximum Gasteiger partial charge on any atom is 0.256 e. The smallest absolute Gasteiger partial charge is 0.256 e. The standard InChI is InChI=1S/C20H16N4O4S/c1-11-7-18(22-19(25)12-3-5-15-16(8-12)28-10-27-15)24(23-11)20-21-14-9-13(26-2)4-6-17(14)29-20/h3-9H,10H2,1-2H3,(H,22,25). The van der Waals surface area contributed by atoms with Crippen LogP contribution in [0.1, 0.15) is 16.1 Å². The third kappa shape index (κ3) is 3.15. The Bertz CT molecular complexity index is 1250. The van der Waals surface area contributed by atoms with Crippen LogP contribution >= 0.6 is 11.3 Å². The molecule has 0 atom stereocenters. The quantitative estimate of drug-likeness (QED) is 0.553. The Balaban J connectivity index is 1.47. The third-order valence-corrected chi connectivity index (χ3v) is 5.48. The van der Waals surface area contributed by atoms with Gasteiger partial charge in [0, 0.05) is 17.7 Å². The number of nitrogens with zero attached hydrogens (tertiary/aromatic N) is 3. The third-order valence-electron chi connectivity index (χ3n) is 4.47. The van der Waals surface area contributed by atoms with Gasteiger partial charge in [0.05, 0.1) is 23.0 Å². The Labute approximate surface area is 169 Å². The van der Waals surface area contributed by atoms with Gasteiger partial charge in [0.1, 0.15) is 11.6 Å². The summed E-state index contributed by atoms with van der Waals surface area (Å²) in [6.07, 6.45) is 0. The lowest BCUT2D eigenvalue weighted by molar-refractivity contribution is 0.102. The van der Waals surface area contributed by atoms with Crippen molar-refractivity contribution in [2.75, 3.05) is 19.2 Å². The van der Waals surface area contributed by atoms with Crippen molar-refractivity contribution < 1.29 is 19.0 Å². The van der Waals surface area contributed by atoms with E-state index < -0.39 is 0 Å². The van der Waals surface area contributed by atoms with Gasteiger partial charge in [-0.3, -0.25) is 4.79 Å². The Kier molecular flexibility index (Phi) is 4.09. The van der Waals surface area contributed by atoms with Crippen molar-refractivity contribution in [1.29, 1.82) is 0 Å². The number of rotatable bonds is 4. The summed E-state index contributed by atoms with van der Waals surface area (Å²) >= 11 is 1.48. The summed E-state index contributed by atoms with van der Waals surface area (Å²) in [6, 6.07) is 12.6. The van der Waals surface area contributed by atoms with Crippen LogP contribution in [0.5, 0.6) is 17.2 Å². The summed E-state index contributed by atoms with van der Waals surface area (Å²) in [7, 11) is 1.62. The van der Waals surface area contributed by atoms with Crippen molar-refractivity contribution >= 4 is 33.3 Å². The summed E-state index contributed by atoms with van der Waals surface area (Å²) in [5.74, 6) is 2.19. The normalized spacial score (nSPS) is 12.3. The zero-order valence-corrected chi connectivity index (χ0v) is 16.4. The summed E-state index contributed by atoms with van der Waals surface area (Å²) in [6.45, 7) is 2.03. The van der Waals surface area contributed by atoms with Crippen LogP contribution in [0.3, 0.4) is 0 Å². The number of fused-ring (bicyclic) bond motifs is 2. The monoisotopic (exact) mass is 408 g/mol. The minimum atomic E-state index is -0.271. The van der Waals surface area contributed by atoms with Crippen LogP contribution in [0.15, 0.2) is 42.5 Å². The van der Waals surface area contributed by atoms with E-state index >= 15 is 0 Å². The molecule has 0 fully saturated rings. The molecular weight excluding hydrogens is 392 g/mol. The van der Waals surface area contributed by atoms with Gasteiger partial charge in [-0.2, -0.15) is 9.78 Å². The molecular formula is C20H16N4O4S. The van der Waals surface area contributed by atoms with E-state index in [1.165, 1.54) is 11.3 Å². The molecule has 1 N–H and O–H groups in total. The molecule has 1 amide bonds. The van der Waals surface area contributed by atoms with E-state index in [-0.39, 0.29) is 12.7 Å². The van der Waals surface area contributed by atoms with E-state index in [1.807, 2.05) is 25.1 Å². The average Bonchev–Trinajstić information content (AvgIpc) is 3.44. The SMILES string of the molecule is COc1ccc2sc(-n3nc(C)cc3NC(=O)c3ccc4c(c3)OCO4)nc2c1. The largest absolute Gasteiger partial charge is 0.497 e. The zero-order chi connectivity index (χ0) is 20.0. The second-order valence-corrected chi connectivity index (χ2v) is 7.44. The maximum atomic E-state index is 12.8. The van der Waals surface area contributed by atoms with Crippen molar-refractivity contribution in [2.45, 2.75) is 6.92 Å². The number of amides is 1. The number of aromatic nitrogens is 3. The molecule has 5 rings (SSSR count). The molecule has 4 aromatic rings. The highest BCUT2D eigenvalue weighted by atomic mass is 32.1. The van der Waals surface area contributed by atoms with Crippen LogP contribution in [0.25, 0.3) is 15.3 Å². The zero-order valence-electron chi connectivity index (χ0n) is 15.6. The molecule has 0 saturated heterocycles. The molecule has 1 aliphatic rings. The minimum absolute atomic E-state index is 0.161. The van der Waals surface area contributed by atoms with Crippen LogP contribution in [0.4, 0.5) is 5.82 Å². The number of hydrogen-bond acceptors (Lipinski definition) is 7. The number of nitrogens with one attached hydrogen (secondary N) is 1. The number of benzene rings is 2. The topological polar surface area (TPSA) is 87.5 Å². The number of hydrogen-bond donors (Lipinski definition) is 1. The summed E-state index contributed by atoms with van der Waals surface area (Å²) in [5.41, 5.74) is 2.04. The van der Waals surface area contributed by atoms with Gasteiger partial charge in [-0.05, 0) is 37.3 Å². The summed E-state index contributed by atoms with van der Waals surface area (Å²) < 4.78 is 18.5. The van der Waals surface area contributed by atoms with Crippen LogP contribution in [0.2, 0.25) is 0 Å². The molecule has 0 aliphatic carbocycles.